The van der Waals surface area contributed by atoms with Gasteiger partial charge in [-0.2, -0.15) is 18.6 Å². The Bertz CT molecular complexity index is 1710. The average molecular weight is 596 g/mol. The Hall–Kier alpha value is -2.70. The second-order valence-corrected chi connectivity index (χ2v) is 10.3. The molecule has 0 aliphatic carbocycles. The molecule has 4 rings (SSSR count). The second-order valence-electron chi connectivity index (χ2n) is 8.08. The van der Waals surface area contributed by atoms with Crippen LogP contribution >= 0.6 is 23.2 Å². The van der Waals surface area contributed by atoms with Gasteiger partial charge in [-0.1, -0.05) is 53.2 Å². The molecule has 0 atom stereocenters. The summed E-state index contributed by atoms with van der Waals surface area (Å²) in [7, 11) is -4.58. The minimum atomic E-state index is -4.58. The van der Waals surface area contributed by atoms with Crippen LogP contribution in [-0.4, -0.2) is 25.5 Å². The van der Waals surface area contributed by atoms with E-state index in [2.05, 4.69) is 15.5 Å². The van der Waals surface area contributed by atoms with Gasteiger partial charge in [-0.15, -0.1) is 0 Å². The quantitative estimate of drug-likeness (QED) is 0.189. The molecule has 2 N–H and O–H groups in total. The molecule has 0 bridgehead atoms. The van der Waals surface area contributed by atoms with E-state index in [0.29, 0.717) is 33.8 Å². The summed E-state index contributed by atoms with van der Waals surface area (Å²) in [4.78, 5) is 12.7. The largest absolute Gasteiger partial charge is 1.00 e. The number of anilines is 1. The Morgan fingerprint density at radius 3 is 2.46 bits per heavy atom. The van der Waals surface area contributed by atoms with Crippen LogP contribution in [0.5, 0.6) is 11.5 Å². The molecular weight excluding hydrogens is 576 g/mol. The molecule has 0 fully saturated rings. The number of nitrogens with zero attached hydrogens (tertiary/aromatic N) is 2. The molecule has 0 unspecified atom stereocenters. The van der Waals surface area contributed by atoms with Gasteiger partial charge in [0.2, 0.25) is 0 Å². The van der Waals surface area contributed by atoms with Crippen LogP contribution in [-0.2, 0) is 10.1 Å². The van der Waals surface area contributed by atoms with Gasteiger partial charge in [0.15, 0.2) is 0 Å². The number of hydrogen-bond acceptors (Lipinski definition) is 7. The Labute approximate surface area is 256 Å². The second kappa shape index (κ2) is 12.6. The van der Waals surface area contributed by atoms with E-state index < -0.39 is 26.7 Å². The Morgan fingerprint density at radius 2 is 1.79 bits per heavy atom. The van der Waals surface area contributed by atoms with Crippen LogP contribution in [0.1, 0.15) is 22.8 Å². The van der Waals surface area contributed by atoms with E-state index in [1.54, 1.807) is 36.4 Å². The Morgan fingerprint density at radius 1 is 1.08 bits per heavy atom. The summed E-state index contributed by atoms with van der Waals surface area (Å²) in [5.41, 5.74) is 0.132. The van der Waals surface area contributed by atoms with E-state index in [1.807, 2.05) is 6.92 Å². The molecule has 196 valence electrons. The van der Waals surface area contributed by atoms with Crippen molar-refractivity contribution in [1.82, 2.24) is 0 Å². The summed E-state index contributed by atoms with van der Waals surface area (Å²) >= 11 is 12.2. The molecule has 4 aromatic rings. The van der Waals surface area contributed by atoms with Gasteiger partial charge in [0.25, 0.3) is 16.0 Å². The molecule has 4 aromatic carbocycles. The number of carbonyl (C=O) groups is 1. The van der Waals surface area contributed by atoms with Crippen LogP contribution in [0.2, 0.25) is 10.0 Å². The van der Waals surface area contributed by atoms with E-state index in [0.717, 1.165) is 6.07 Å². The predicted molar refractivity (Wildman–Crippen MR) is 144 cm³/mol. The first kappa shape index (κ1) is 30.8. The van der Waals surface area contributed by atoms with Gasteiger partial charge < -0.3 is 15.2 Å². The summed E-state index contributed by atoms with van der Waals surface area (Å²) < 4.78 is 38.3. The summed E-state index contributed by atoms with van der Waals surface area (Å²) in [6.07, 6.45) is 0. The monoisotopic (exact) mass is 595 g/mol. The number of benzene rings is 4. The van der Waals surface area contributed by atoms with E-state index in [4.69, 9.17) is 27.9 Å². The standard InChI is InChI=1S/C26H21Cl2N3O6S.Na/c1-3-37-22-9-8-17(13-20(22)28)29-26(33)19-10-15-6-4-5-7-18(15)24(25(19)32)31-30-21-11-16(27)12-23(14(21)2)38(34,35)36;/h4-13,32H,3H2,1-2H3,(H,29,33)(H,34,35,36);/q;+1/p-1. The van der Waals surface area contributed by atoms with Crippen molar-refractivity contribution in [3.05, 3.63) is 81.8 Å². The van der Waals surface area contributed by atoms with Crippen molar-refractivity contribution in [3.63, 3.8) is 0 Å². The molecule has 13 heteroatoms. The number of amides is 1. The molecule has 1 amide bonds. The smallest absolute Gasteiger partial charge is 0.870 e. The van der Waals surface area contributed by atoms with Crippen molar-refractivity contribution in [2.45, 2.75) is 18.7 Å². The van der Waals surface area contributed by atoms with Gasteiger partial charge in [-0.25, -0.2) is 0 Å². The first-order valence-electron chi connectivity index (χ1n) is 11.2. The van der Waals surface area contributed by atoms with Crippen molar-refractivity contribution in [2.75, 3.05) is 11.9 Å². The van der Waals surface area contributed by atoms with Crippen molar-refractivity contribution in [1.29, 1.82) is 0 Å². The third-order valence-electron chi connectivity index (χ3n) is 5.54. The van der Waals surface area contributed by atoms with Crippen LogP contribution in [0.3, 0.4) is 0 Å². The maximum atomic E-state index is 13.4. The van der Waals surface area contributed by atoms with Crippen molar-refractivity contribution >= 4 is 67.1 Å². The first-order chi connectivity index (χ1) is 18.0. The van der Waals surface area contributed by atoms with Crippen molar-refractivity contribution in [3.8, 4) is 11.5 Å². The molecule has 9 nitrogen and oxygen atoms in total. The average Bonchev–Trinajstić information content (AvgIpc) is 2.85. The summed E-state index contributed by atoms with van der Waals surface area (Å²) in [5, 5.41) is 25.4. The minimum Gasteiger partial charge on any atom is -0.870 e. The molecule has 0 aliphatic heterocycles. The molecule has 0 saturated carbocycles. The van der Waals surface area contributed by atoms with Gasteiger partial charge in [-0.05, 0) is 61.2 Å². The SMILES string of the molecule is CCOc1ccc(NC(=O)c2cc3ccccc3c(N=Nc3cc(Cl)cc(S(=O)(=O)O)c3C)c2[O-])cc1Cl.[Na+]. The molecule has 0 aliphatic rings. The van der Waals surface area contributed by atoms with Gasteiger partial charge in [0.1, 0.15) is 10.6 Å². The number of fused-ring (bicyclic) bond motifs is 1. The van der Waals surface area contributed by atoms with Gasteiger partial charge >= 0.3 is 29.6 Å². The molecular formula is C26H20Cl2N3NaO6S. The van der Waals surface area contributed by atoms with E-state index in [1.165, 1.54) is 25.1 Å². The third kappa shape index (κ3) is 6.90. The number of hydrogen-bond donors (Lipinski definition) is 2. The zero-order valence-corrected chi connectivity index (χ0v) is 25.4. The number of ether oxygens (including phenoxy) is 1. The minimum absolute atomic E-state index is 0. The fourth-order valence-electron chi connectivity index (χ4n) is 3.74. The first-order valence-corrected chi connectivity index (χ1v) is 13.3. The summed E-state index contributed by atoms with van der Waals surface area (Å²) in [6, 6.07) is 15.4. The van der Waals surface area contributed by atoms with Crippen molar-refractivity contribution < 1.29 is 57.2 Å². The van der Waals surface area contributed by atoms with E-state index in [9.17, 15) is 22.9 Å². The number of azo groups is 1. The van der Waals surface area contributed by atoms with Crippen LogP contribution in [0, 0.1) is 6.92 Å². The number of halogens is 2. The molecule has 39 heavy (non-hydrogen) atoms. The van der Waals surface area contributed by atoms with Gasteiger partial charge in [-0.3, -0.25) is 9.35 Å². The fraction of sp³-hybridized carbons (Fsp3) is 0.115. The molecule has 0 heterocycles. The van der Waals surface area contributed by atoms with Crippen molar-refractivity contribution in [2.24, 2.45) is 10.2 Å². The van der Waals surface area contributed by atoms with E-state index in [-0.39, 0.29) is 57.1 Å². The normalized spacial score (nSPS) is 11.4. The summed E-state index contributed by atoms with van der Waals surface area (Å²) in [6.45, 7) is 3.65. The molecule has 0 saturated heterocycles. The molecule has 0 aromatic heterocycles. The topological polar surface area (TPSA) is 140 Å². The van der Waals surface area contributed by atoms with Gasteiger partial charge in [0.05, 0.1) is 23.0 Å². The molecule has 0 radical (unpaired) electrons. The third-order valence-corrected chi connectivity index (χ3v) is 7.04. The number of nitrogens with one attached hydrogen (secondary N) is 1. The number of carbonyl (C=O) groups excluding carboxylic acids is 1. The van der Waals surface area contributed by atoms with Crippen LogP contribution in [0.4, 0.5) is 17.1 Å². The predicted octanol–water partition coefficient (Wildman–Crippen LogP) is 3.85. The zero-order chi connectivity index (χ0) is 27.6. The summed E-state index contributed by atoms with van der Waals surface area (Å²) in [5.74, 6) is -0.930. The maximum Gasteiger partial charge on any atom is 1.00 e. The number of rotatable bonds is 7. The Balaban J connectivity index is 0.00000420. The Kier molecular flexibility index (Phi) is 10.0. The fourth-order valence-corrected chi connectivity index (χ4v) is 5.02. The zero-order valence-electron chi connectivity index (χ0n) is 21.0. The van der Waals surface area contributed by atoms with Crippen LogP contribution in [0.15, 0.2) is 75.8 Å². The van der Waals surface area contributed by atoms with Crippen LogP contribution in [0.25, 0.3) is 10.8 Å². The molecule has 0 spiro atoms. The van der Waals surface area contributed by atoms with Crippen LogP contribution < -0.4 is 44.7 Å². The van der Waals surface area contributed by atoms with E-state index >= 15 is 0 Å². The maximum absolute atomic E-state index is 13.4. The van der Waals surface area contributed by atoms with Gasteiger partial charge in [0, 0.05) is 21.7 Å².